The van der Waals surface area contributed by atoms with E-state index < -0.39 is 10.8 Å². The van der Waals surface area contributed by atoms with Crippen molar-refractivity contribution in [2.45, 2.75) is 21.1 Å². The summed E-state index contributed by atoms with van der Waals surface area (Å²) in [6.07, 6.45) is 2.76. The first-order chi connectivity index (χ1) is 15.1. The number of para-hydroxylation sites is 1. The number of carbonyl (C=O) groups excluding carboxylic acids is 1. The Hall–Kier alpha value is -2.54. The van der Waals surface area contributed by atoms with Crippen LogP contribution < -0.4 is 5.32 Å². The topological polar surface area (TPSA) is 62.0 Å². The van der Waals surface area contributed by atoms with Gasteiger partial charge in [0.1, 0.15) is 5.69 Å². The number of benzene rings is 3. The van der Waals surface area contributed by atoms with Gasteiger partial charge in [0, 0.05) is 32.3 Å². The molecule has 1 amide bonds. The van der Waals surface area contributed by atoms with E-state index in [2.05, 4.69) is 34.6 Å². The monoisotopic (exact) mass is 468 g/mol. The number of aromatic nitrogens is 1. The molecule has 0 radical (unpaired) electrons. The zero-order valence-corrected chi connectivity index (χ0v) is 19.2. The van der Waals surface area contributed by atoms with E-state index >= 15 is 0 Å². The first-order valence-electron chi connectivity index (χ1n) is 9.76. The first-order valence-corrected chi connectivity index (χ1v) is 12.5. The summed E-state index contributed by atoms with van der Waals surface area (Å²) in [5.74, 6) is -0.269. The van der Waals surface area contributed by atoms with Crippen molar-refractivity contribution in [2.24, 2.45) is 0 Å². The molecule has 0 aliphatic heterocycles. The summed E-state index contributed by atoms with van der Waals surface area (Å²) in [6.45, 7) is 0.486. The van der Waals surface area contributed by atoms with Gasteiger partial charge in [-0.3, -0.25) is 4.79 Å². The molecule has 0 aliphatic rings. The summed E-state index contributed by atoms with van der Waals surface area (Å²) < 4.78 is 13.4. The number of H-pyrrole nitrogens is 1. The van der Waals surface area contributed by atoms with Crippen molar-refractivity contribution in [3.63, 3.8) is 0 Å². The van der Waals surface area contributed by atoms with Crippen molar-refractivity contribution in [3.05, 3.63) is 89.1 Å². The van der Waals surface area contributed by atoms with Gasteiger partial charge in [0.2, 0.25) is 0 Å². The molecule has 3 aromatic carbocycles. The molecule has 1 heterocycles. The zero-order chi connectivity index (χ0) is 21.8. The van der Waals surface area contributed by atoms with E-state index in [1.165, 1.54) is 4.90 Å². The lowest BCUT2D eigenvalue weighted by Gasteiger charge is -2.08. The second-order valence-electron chi connectivity index (χ2n) is 6.95. The highest BCUT2D eigenvalue weighted by Crippen LogP contribution is 2.29. The van der Waals surface area contributed by atoms with Crippen LogP contribution in [0.1, 0.15) is 16.1 Å². The molecule has 0 aliphatic carbocycles. The van der Waals surface area contributed by atoms with E-state index in [0.717, 1.165) is 22.9 Å². The number of nitrogens with one attached hydrogen (secondary N) is 2. The molecule has 0 saturated heterocycles. The molecule has 0 unspecified atom stereocenters. The van der Waals surface area contributed by atoms with Gasteiger partial charge in [-0.15, -0.1) is 11.8 Å². The Morgan fingerprint density at radius 1 is 1.03 bits per heavy atom. The van der Waals surface area contributed by atoms with Crippen LogP contribution in [0.25, 0.3) is 10.9 Å². The average molecular weight is 469 g/mol. The molecule has 1 aromatic heterocycles. The fraction of sp³-hybridized carbons (Fsp3) is 0.125. The molecule has 31 heavy (non-hydrogen) atoms. The Morgan fingerprint density at radius 3 is 2.45 bits per heavy atom. The van der Waals surface area contributed by atoms with E-state index in [4.69, 9.17) is 11.6 Å². The number of thioether (sulfide) groups is 1. The van der Waals surface area contributed by atoms with Gasteiger partial charge in [-0.1, -0.05) is 41.9 Å². The Balaban J connectivity index is 1.57. The molecule has 0 bridgehead atoms. The third-order valence-electron chi connectivity index (χ3n) is 4.96. The van der Waals surface area contributed by atoms with E-state index in [-0.39, 0.29) is 5.91 Å². The lowest BCUT2D eigenvalue weighted by molar-refractivity contribution is 0.0947. The molecule has 4 rings (SSSR count). The first kappa shape index (κ1) is 21.7. The van der Waals surface area contributed by atoms with Crippen LogP contribution in [0, 0.1) is 0 Å². The molecular weight excluding hydrogens is 448 g/mol. The molecule has 4 aromatic rings. The van der Waals surface area contributed by atoms with Gasteiger partial charge in [-0.05, 0) is 60.7 Å². The fourth-order valence-corrected chi connectivity index (χ4v) is 5.21. The minimum absolute atomic E-state index is 0.269. The van der Waals surface area contributed by atoms with Gasteiger partial charge >= 0.3 is 0 Å². The summed E-state index contributed by atoms with van der Waals surface area (Å²) in [5, 5.41) is 4.31. The normalized spacial score (nSPS) is 12.1. The van der Waals surface area contributed by atoms with Crippen LogP contribution in [0.3, 0.4) is 0 Å². The van der Waals surface area contributed by atoms with Gasteiger partial charge in [0.15, 0.2) is 0 Å². The van der Waals surface area contributed by atoms with E-state index in [9.17, 15) is 9.00 Å². The van der Waals surface area contributed by atoms with Crippen LogP contribution in [0.2, 0.25) is 5.02 Å². The number of rotatable bonds is 7. The number of hydrogen-bond donors (Lipinski definition) is 2. The highest BCUT2D eigenvalue weighted by atomic mass is 35.5. The van der Waals surface area contributed by atoms with Crippen LogP contribution in [0.4, 0.5) is 0 Å². The molecule has 7 heteroatoms. The second-order valence-corrected chi connectivity index (χ2v) is 9.68. The van der Waals surface area contributed by atoms with Gasteiger partial charge in [-0.25, -0.2) is 4.21 Å². The van der Waals surface area contributed by atoms with Gasteiger partial charge in [0.05, 0.1) is 15.7 Å². The molecule has 0 saturated carbocycles. The average Bonchev–Trinajstić information content (AvgIpc) is 3.19. The summed E-state index contributed by atoms with van der Waals surface area (Å²) in [6, 6.07) is 22.6. The van der Waals surface area contributed by atoms with Crippen LogP contribution in [-0.4, -0.2) is 27.9 Å². The largest absolute Gasteiger partial charge is 0.350 e. The number of fused-ring (bicyclic) bond motifs is 1. The number of halogens is 1. The minimum atomic E-state index is -1.53. The predicted octanol–water partition coefficient (Wildman–Crippen LogP) is 5.68. The van der Waals surface area contributed by atoms with Crippen LogP contribution in [0.15, 0.2) is 87.5 Å². The van der Waals surface area contributed by atoms with E-state index in [1.807, 2.05) is 30.5 Å². The van der Waals surface area contributed by atoms with Gasteiger partial charge < -0.3 is 10.3 Å². The Bertz CT molecular complexity index is 1230. The molecular formula is C24H21ClN2O2S2. The summed E-state index contributed by atoms with van der Waals surface area (Å²) in [7, 11) is -1.53. The standard InChI is InChI=1S/C24H21ClN2O2S2/c1-30-18-10-6-16(7-11-18)14-15-26-24(28)22-23(20-4-2-3-5-21(20)27-22)31(29)19-12-8-17(25)9-13-19/h2-13,27H,14-15H2,1H3,(H,26,28)/t31-/m1/s1. The number of carbonyl (C=O) groups is 1. The fourth-order valence-electron chi connectivity index (χ4n) is 3.35. The van der Waals surface area contributed by atoms with Crippen molar-refractivity contribution < 1.29 is 9.00 Å². The highest BCUT2D eigenvalue weighted by molar-refractivity contribution is 7.98. The molecule has 1 atom stereocenters. The Morgan fingerprint density at radius 2 is 1.74 bits per heavy atom. The van der Waals surface area contributed by atoms with Crippen LogP contribution in [0.5, 0.6) is 0 Å². The maximum absolute atomic E-state index is 13.4. The molecule has 0 spiro atoms. The Labute approximate surface area is 192 Å². The van der Waals surface area contributed by atoms with Gasteiger partial charge in [0.25, 0.3) is 5.91 Å². The van der Waals surface area contributed by atoms with Crippen molar-refractivity contribution in [2.75, 3.05) is 12.8 Å². The summed E-state index contributed by atoms with van der Waals surface area (Å²) >= 11 is 7.67. The molecule has 4 nitrogen and oxygen atoms in total. The van der Waals surface area contributed by atoms with Crippen molar-refractivity contribution in [1.29, 1.82) is 0 Å². The molecule has 2 N–H and O–H groups in total. The van der Waals surface area contributed by atoms with Crippen molar-refractivity contribution >= 4 is 51.0 Å². The van der Waals surface area contributed by atoms with Crippen molar-refractivity contribution in [1.82, 2.24) is 10.3 Å². The van der Waals surface area contributed by atoms with Crippen molar-refractivity contribution in [3.8, 4) is 0 Å². The maximum atomic E-state index is 13.4. The highest BCUT2D eigenvalue weighted by Gasteiger charge is 2.23. The lowest BCUT2D eigenvalue weighted by atomic mass is 10.1. The zero-order valence-electron chi connectivity index (χ0n) is 16.9. The SMILES string of the molecule is CSc1ccc(CCNC(=O)c2[nH]c3ccccc3c2[S@](=O)c2ccc(Cl)cc2)cc1. The summed E-state index contributed by atoms with van der Waals surface area (Å²) in [4.78, 5) is 18.5. The predicted molar refractivity (Wildman–Crippen MR) is 129 cm³/mol. The lowest BCUT2D eigenvalue weighted by Crippen LogP contribution is -2.27. The van der Waals surface area contributed by atoms with Gasteiger partial charge in [-0.2, -0.15) is 0 Å². The Kier molecular flexibility index (Phi) is 6.80. The molecule has 0 fully saturated rings. The third-order valence-corrected chi connectivity index (χ3v) is 7.45. The third kappa shape index (κ3) is 4.87. The minimum Gasteiger partial charge on any atom is -0.350 e. The number of amides is 1. The number of hydrogen-bond acceptors (Lipinski definition) is 3. The maximum Gasteiger partial charge on any atom is 0.269 e. The van der Waals surface area contributed by atoms with E-state index in [0.29, 0.717) is 27.1 Å². The number of aromatic amines is 1. The second kappa shape index (κ2) is 9.73. The smallest absolute Gasteiger partial charge is 0.269 e. The molecule has 158 valence electrons. The van der Waals surface area contributed by atoms with E-state index in [1.54, 1.807) is 36.0 Å². The van der Waals surface area contributed by atoms with Crippen LogP contribution in [-0.2, 0) is 17.2 Å². The van der Waals surface area contributed by atoms with Crippen LogP contribution >= 0.6 is 23.4 Å². The quantitative estimate of drug-likeness (QED) is 0.343. The summed E-state index contributed by atoms with van der Waals surface area (Å²) in [5.41, 5.74) is 2.25.